The third-order valence-electron chi connectivity index (χ3n) is 5.42. The van der Waals surface area contributed by atoms with Crippen LogP contribution in [0, 0.1) is 11.6 Å². The third-order valence-corrected chi connectivity index (χ3v) is 6.80. The Balaban J connectivity index is 1.67. The van der Waals surface area contributed by atoms with Crippen molar-refractivity contribution in [3.8, 4) is 5.75 Å². The van der Waals surface area contributed by atoms with E-state index < -0.39 is 45.7 Å². The van der Waals surface area contributed by atoms with Crippen LogP contribution in [0.4, 0.5) is 18.9 Å². The normalized spacial score (nSPS) is 12.6. The number of pyridine rings is 1. The van der Waals surface area contributed by atoms with Gasteiger partial charge in [0, 0.05) is 24.3 Å². The van der Waals surface area contributed by atoms with Gasteiger partial charge < -0.3 is 19.6 Å². The fourth-order valence-corrected chi connectivity index (χ4v) is 4.63. The van der Waals surface area contributed by atoms with E-state index in [2.05, 4.69) is 14.7 Å². The monoisotopic (exact) mass is 521 g/mol. The average Bonchev–Trinajstić information content (AvgIpc) is 3.29. The molecular formula is C24H22F3N3O5S. The lowest BCUT2D eigenvalue weighted by Gasteiger charge is -2.16. The van der Waals surface area contributed by atoms with Gasteiger partial charge in [-0.1, -0.05) is 12.1 Å². The summed E-state index contributed by atoms with van der Waals surface area (Å²) in [5, 5.41) is 11.3. The number of aromatic nitrogens is 2. The van der Waals surface area contributed by atoms with Gasteiger partial charge in [-0.2, -0.15) is 0 Å². The molecule has 12 heteroatoms. The first-order valence-electron chi connectivity index (χ1n) is 10.7. The Hall–Kier alpha value is -3.61. The number of rotatable bonds is 10. The molecule has 0 spiro atoms. The second-order valence-electron chi connectivity index (χ2n) is 7.76. The Labute approximate surface area is 204 Å². The number of aliphatic hydroxyl groups is 1. The highest BCUT2D eigenvalue weighted by atomic mass is 32.2. The predicted octanol–water partition coefficient (Wildman–Crippen LogP) is 4.22. The number of methoxy groups -OCH3 is 1. The second kappa shape index (κ2) is 10.6. The van der Waals surface area contributed by atoms with Crippen molar-refractivity contribution in [2.45, 2.75) is 17.7 Å². The van der Waals surface area contributed by atoms with Gasteiger partial charge in [-0.3, -0.25) is 4.72 Å². The summed E-state index contributed by atoms with van der Waals surface area (Å²) in [4.78, 5) is 6.76. The van der Waals surface area contributed by atoms with Crippen LogP contribution in [0.5, 0.6) is 5.75 Å². The molecule has 0 bridgehead atoms. The van der Waals surface area contributed by atoms with Crippen molar-refractivity contribution in [2.24, 2.45) is 0 Å². The summed E-state index contributed by atoms with van der Waals surface area (Å²) in [6.45, 7) is -0.195. The van der Waals surface area contributed by atoms with Crippen molar-refractivity contribution in [3.63, 3.8) is 0 Å². The van der Waals surface area contributed by atoms with E-state index in [1.54, 1.807) is 6.07 Å². The number of hydrogen-bond acceptors (Lipinski definition) is 6. The molecule has 0 aliphatic rings. The number of aliphatic hydroxyl groups excluding tert-OH is 1. The van der Waals surface area contributed by atoms with Crippen molar-refractivity contribution < 1.29 is 36.2 Å². The number of sulfonamides is 1. The fraction of sp³-hybridized carbons (Fsp3) is 0.208. The Morgan fingerprint density at radius 1 is 1.14 bits per heavy atom. The maximum absolute atomic E-state index is 15.4. The van der Waals surface area contributed by atoms with E-state index in [1.165, 1.54) is 43.8 Å². The molecule has 0 saturated carbocycles. The summed E-state index contributed by atoms with van der Waals surface area (Å²) in [5.41, 5.74) is -0.601. The number of alkyl halides is 1. The Morgan fingerprint density at radius 3 is 2.58 bits per heavy atom. The van der Waals surface area contributed by atoms with Gasteiger partial charge in [0.2, 0.25) is 0 Å². The summed E-state index contributed by atoms with van der Waals surface area (Å²) >= 11 is 0. The molecule has 0 aliphatic heterocycles. The van der Waals surface area contributed by atoms with Crippen LogP contribution in [0.2, 0.25) is 0 Å². The zero-order valence-electron chi connectivity index (χ0n) is 19.0. The topological polar surface area (TPSA) is 114 Å². The van der Waals surface area contributed by atoms with Crippen molar-refractivity contribution in [1.82, 2.24) is 9.97 Å². The molecule has 8 nitrogen and oxygen atoms in total. The zero-order valence-corrected chi connectivity index (χ0v) is 19.8. The van der Waals surface area contributed by atoms with Crippen molar-refractivity contribution in [3.05, 3.63) is 83.2 Å². The number of halogens is 3. The molecule has 0 fully saturated rings. The smallest absolute Gasteiger partial charge is 0.261 e. The van der Waals surface area contributed by atoms with Gasteiger partial charge in [0.05, 0.1) is 29.0 Å². The molecule has 0 amide bonds. The Morgan fingerprint density at radius 2 is 1.89 bits per heavy atom. The fourth-order valence-electron chi connectivity index (χ4n) is 3.57. The molecule has 4 aromatic rings. The Kier molecular flexibility index (Phi) is 7.48. The van der Waals surface area contributed by atoms with Crippen LogP contribution >= 0.6 is 0 Å². The first kappa shape index (κ1) is 25.5. The van der Waals surface area contributed by atoms with Crippen LogP contribution in [0.25, 0.3) is 11.0 Å². The minimum Gasteiger partial charge on any atom is -0.490 e. The van der Waals surface area contributed by atoms with Crippen LogP contribution in [0.15, 0.2) is 59.8 Å². The second-order valence-corrected chi connectivity index (χ2v) is 9.44. The number of hydrogen-bond donors (Lipinski definition) is 3. The summed E-state index contributed by atoms with van der Waals surface area (Å²) in [6.07, 6.45) is 0.994. The number of H-pyrrole nitrogens is 1. The van der Waals surface area contributed by atoms with Gasteiger partial charge in [0.1, 0.15) is 36.6 Å². The van der Waals surface area contributed by atoms with Gasteiger partial charge in [-0.15, -0.1) is 0 Å². The molecular weight excluding hydrogens is 499 g/mol. The molecule has 4 rings (SSSR count). The zero-order chi connectivity index (χ0) is 25.9. The highest BCUT2D eigenvalue weighted by Crippen LogP contribution is 2.35. The van der Waals surface area contributed by atoms with Gasteiger partial charge >= 0.3 is 0 Å². The number of anilines is 1. The highest BCUT2D eigenvalue weighted by Gasteiger charge is 2.27. The number of ether oxygens (including phenoxy) is 2. The SMILES string of the molecule is COCCOc1cnc2[nH]cc(C(O)c3c(F)ccc(NS(=O)(=O)c4ccc(CF)cc4)c3F)c2c1. The van der Waals surface area contributed by atoms with Crippen molar-refractivity contribution >= 4 is 26.7 Å². The molecule has 0 aliphatic carbocycles. The highest BCUT2D eigenvalue weighted by molar-refractivity contribution is 7.92. The summed E-state index contributed by atoms with van der Waals surface area (Å²) in [6, 6.07) is 8.20. The molecule has 2 aromatic heterocycles. The molecule has 2 aromatic carbocycles. The number of nitrogens with zero attached hydrogens (tertiary/aromatic N) is 1. The lowest BCUT2D eigenvalue weighted by molar-refractivity contribution is 0.146. The van der Waals surface area contributed by atoms with Gasteiger partial charge in [0.15, 0.2) is 5.82 Å². The summed E-state index contributed by atoms with van der Waals surface area (Å²) < 4.78 is 80.7. The maximum Gasteiger partial charge on any atom is 0.261 e. The first-order valence-corrected chi connectivity index (χ1v) is 12.2. The van der Waals surface area contributed by atoms with Crippen LogP contribution in [-0.4, -0.2) is 43.8 Å². The van der Waals surface area contributed by atoms with E-state index in [0.29, 0.717) is 23.4 Å². The molecule has 190 valence electrons. The lowest BCUT2D eigenvalue weighted by atomic mass is 10.00. The van der Waals surface area contributed by atoms with E-state index in [-0.39, 0.29) is 22.6 Å². The van der Waals surface area contributed by atoms with Gasteiger partial charge in [-0.05, 0) is 35.9 Å². The largest absolute Gasteiger partial charge is 0.490 e. The van der Waals surface area contributed by atoms with E-state index in [9.17, 15) is 22.3 Å². The summed E-state index contributed by atoms with van der Waals surface area (Å²) in [7, 11) is -2.76. The molecule has 1 unspecified atom stereocenters. The van der Waals surface area contributed by atoms with Crippen LogP contribution < -0.4 is 9.46 Å². The third kappa shape index (κ3) is 5.15. The van der Waals surface area contributed by atoms with Crippen LogP contribution in [0.1, 0.15) is 22.8 Å². The van der Waals surface area contributed by atoms with Crippen molar-refractivity contribution in [1.29, 1.82) is 0 Å². The predicted molar refractivity (Wildman–Crippen MR) is 126 cm³/mol. The van der Waals surface area contributed by atoms with E-state index >= 15 is 4.39 Å². The summed E-state index contributed by atoms with van der Waals surface area (Å²) in [5.74, 6) is -2.01. The molecule has 2 heterocycles. The minimum absolute atomic E-state index is 0.106. The van der Waals surface area contributed by atoms with Crippen molar-refractivity contribution in [2.75, 3.05) is 25.0 Å². The lowest BCUT2D eigenvalue weighted by Crippen LogP contribution is -2.16. The molecule has 1 atom stereocenters. The van der Waals surface area contributed by atoms with E-state index in [1.807, 2.05) is 0 Å². The van der Waals surface area contributed by atoms with E-state index in [0.717, 1.165) is 12.1 Å². The standard InChI is InChI=1S/C24H22F3N3O5S/c1-34-8-9-35-15-10-17-18(13-29-24(17)28-12-15)23(31)21-19(26)6-7-20(22(21)27)30-36(32,33)16-4-2-14(11-25)3-5-16/h2-7,10,12-13,23,30-31H,8-9,11H2,1H3,(H,28,29). The average molecular weight is 522 g/mol. The van der Waals surface area contributed by atoms with Gasteiger partial charge in [0.25, 0.3) is 10.0 Å². The first-order chi connectivity index (χ1) is 17.2. The van der Waals surface area contributed by atoms with Gasteiger partial charge in [-0.25, -0.2) is 26.6 Å². The number of benzene rings is 2. The quantitative estimate of drug-likeness (QED) is 0.270. The van der Waals surface area contributed by atoms with E-state index in [4.69, 9.17) is 9.47 Å². The molecule has 3 N–H and O–H groups in total. The maximum atomic E-state index is 15.4. The number of aromatic amines is 1. The Bertz CT molecular complexity index is 1480. The molecule has 0 radical (unpaired) electrons. The van der Waals surface area contributed by atoms with Crippen LogP contribution in [-0.2, 0) is 21.4 Å². The molecule has 0 saturated heterocycles. The number of nitrogens with one attached hydrogen (secondary N) is 2. The minimum atomic E-state index is -4.28. The van der Waals surface area contributed by atoms with Crippen LogP contribution in [0.3, 0.4) is 0 Å². The molecule has 36 heavy (non-hydrogen) atoms. The number of fused-ring (bicyclic) bond motifs is 1.